The van der Waals surface area contributed by atoms with Crippen LogP contribution in [0.5, 0.6) is 0 Å². The van der Waals surface area contributed by atoms with E-state index in [0.29, 0.717) is 0 Å². The van der Waals surface area contributed by atoms with Crippen LogP contribution in [0.15, 0.2) is 0 Å². The average Bonchev–Trinajstić information content (AvgIpc) is 2.48. The van der Waals surface area contributed by atoms with Gasteiger partial charge in [0.1, 0.15) is 0 Å². The van der Waals surface area contributed by atoms with Gasteiger partial charge in [-0.2, -0.15) is 79.0 Å². The molecule has 0 amide bonds. The van der Waals surface area contributed by atoms with Crippen molar-refractivity contribution in [2.45, 2.75) is 59.2 Å². The Morgan fingerprint density at radius 3 is 0.600 bits per heavy atom. The number of rotatable bonds is 2. The normalized spacial score (nSPS) is 34.0. The molecule has 0 aromatic carbocycles. The van der Waals surface area contributed by atoms with Crippen LogP contribution in [0.2, 0.25) is 0 Å². The maximum Gasteiger partial charge on any atom is 0.457 e. The van der Waals surface area contributed by atoms with Gasteiger partial charge in [-0.15, -0.1) is 0 Å². The zero-order chi connectivity index (χ0) is 25.0. The van der Waals surface area contributed by atoms with E-state index in [0.717, 1.165) is 0 Å². The highest BCUT2D eigenvalue weighted by Crippen LogP contribution is 2.77. The smallest absolute Gasteiger partial charge is 0.226 e. The largest absolute Gasteiger partial charge is 0.457 e. The van der Waals surface area contributed by atoms with Gasteiger partial charge in [-0.1, -0.05) is 0 Å². The third-order valence-electron chi connectivity index (χ3n) is 4.10. The molecule has 0 N–H and O–H groups in total. The molecular formula is C10F20. The van der Waals surface area contributed by atoms with Crippen LogP contribution in [0.4, 0.5) is 87.8 Å². The van der Waals surface area contributed by atoms with Crippen molar-refractivity contribution in [1.82, 2.24) is 0 Å². The Hall–Kier alpha value is -1.40. The highest BCUT2D eigenvalue weighted by molar-refractivity contribution is 5.37. The fourth-order valence-corrected chi connectivity index (χ4v) is 2.48. The van der Waals surface area contributed by atoms with Crippen molar-refractivity contribution < 1.29 is 87.8 Å². The van der Waals surface area contributed by atoms with Crippen molar-refractivity contribution in [3.8, 4) is 0 Å². The second-order valence-electron chi connectivity index (χ2n) is 5.76. The van der Waals surface area contributed by atoms with Crippen molar-refractivity contribution in [2.75, 3.05) is 0 Å². The Labute approximate surface area is 148 Å². The molecule has 1 fully saturated rings. The van der Waals surface area contributed by atoms with Gasteiger partial charge >= 0.3 is 47.9 Å². The lowest BCUT2D eigenvalue weighted by molar-refractivity contribution is -0.532. The van der Waals surface area contributed by atoms with E-state index in [-0.39, 0.29) is 0 Å². The quantitative estimate of drug-likeness (QED) is 0.388. The van der Waals surface area contributed by atoms with Crippen molar-refractivity contribution >= 4 is 0 Å². The van der Waals surface area contributed by atoms with Gasteiger partial charge in [0, 0.05) is 0 Å². The van der Waals surface area contributed by atoms with E-state index in [4.69, 9.17) is 0 Å². The summed E-state index contributed by atoms with van der Waals surface area (Å²) in [5, 5.41) is 0. The van der Waals surface area contributed by atoms with Crippen LogP contribution in [0.25, 0.3) is 0 Å². The molecule has 0 bridgehead atoms. The molecule has 1 aliphatic rings. The molecular weight excluding hydrogens is 500 g/mol. The summed E-state index contributed by atoms with van der Waals surface area (Å²) in [6.45, 7) is 0. The third-order valence-corrected chi connectivity index (χ3v) is 4.10. The second-order valence-corrected chi connectivity index (χ2v) is 5.76. The van der Waals surface area contributed by atoms with Crippen LogP contribution in [0.1, 0.15) is 0 Å². The van der Waals surface area contributed by atoms with Crippen LogP contribution in [0.3, 0.4) is 0 Å². The number of hydrogen-bond donors (Lipinski definition) is 0. The van der Waals surface area contributed by atoms with Gasteiger partial charge < -0.3 is 0 Å². The molecule has 0 aromatic heterocycles. The first kappa shape index (κ1) is 26.6. The van der Waals surface area contributed by atoms with E-state index in [1.807, 2.05) is 0 Å². The molecule has 0 unspecified atom stereocenters. The van der Waals surface area contributed by atoms with Gasteiger partial charge in [0.25, 0.3) is 11.3 Å². The Kier molecular flexibility index (Phi) is 5.05. The summed E-state index contributed by atoms with van der Waals surface area (Å²) in [6, 6.07) is 0. The summed E-state index contributed by atoms with van der Waals surface area (Å²) in [6.07, 6.45) is -16.7. The van der Waals surface area contributed by atoms with Gasteiger partial charge in [-0.25, -0.2) is 8.78 Å². The van der Waals surface area contributed by atoms with E-state index < -0.39 is 59.2 Å². The Balaban J connectivity index is 4.47. The fourth-order valence-electron chi connectivity index (χ4n) is 2.48. The van der Waals surface area contributed by atoms with Gasteiger partial charge in [0.2, 0.25) is 0 Å². The van der Waals surface area contributed by atoms with Crippen LogP contribution in [-0.2, 0) is 0 Å². The predicted octanol–water partition coefficient (Wildman–Crippen LogP) is 6.35. The molecule has 0 nitrogen and oxygen atoms in total. The van der Waals surface area contributed by atoms with Crippen molar-refractivity contribution in [2.24, 2.45) is 0 Å². The molecule has 1 aliphatic carbocycles. The van der Waals surface area contributed by atoms with Crippen LogP contribution in [-0.4, -0.2) is 59.2 Å². The summed E-state index contributed by atoms with van der Waals surface area (Å²) in [7, 11) is 0. The van der Waals surface area contributed by atoms with E-state index in [1.165, 1.54) is 0 Å². The molecule has 1 rings (SSSR count). The van der Waals surface area contributed by atoms with E-state index in [1.54, 1.807) is 0 Å². The highest BCUT2D eigenvalue weighted by Gasteiger charge is 3.10. The monoisotopic (exact) mass is 500 g/mol. The molecule has 2 atom stereocenters. The van der Waals surface area contributed by atoms with Crippen molar-refractivity contribution in [3.05, 3.63) is 0 Å². The fraction of sp³-hybridized carbons (Fsp3) is 1.00. The lowest BCUT2D eigenvalue weighted by Gasteiger charge is -2.58. The third kappa shape index (κ3) is 2.22. The molecule has 0 spiro atoms. The van der Waals surface area contributed by atoms with Gasteiger partial charge in [-0.3, -0.25) is 0 Å². The first-order valence-electron chi connectivity index (χ1n) is 6.28. The number of halogens is 20. The molecule has 0 aromatic rings. The van der Waals surface area contributed by atoms with E-state index >= 15 is 0 Å². The topological polar surface area (TPSA) is 0 Å². The maximum atomic E-state index is 14.2. The first-order valence-corrected chi connectivity index (χ1v) is 6.28. The van der Waals surface area contributed by atoms with Crippen molar-refractivity contribution in [1.29, 1.82) is 0 Å². The SMILES string of the molecule is FC(F)(F)C(F)(F)[C@@]1(F)C(F)(F)C(F)(F)C(F)(F)C(F)(F)[C@@]1(F)C(F)(F)C(F)(F)F. The summed E-state index contributed by atoms with van der Waals surface area (Å²) in [4.78, 5) is 0. The Morgan fingerprint density at radius 2 is 0.467 bits per heavy atom. The average molecular weight is 500 g/mol. The zero-order valence-corrected chi connectivity index (χ0v) is 12.6. The maximum absolute atomic E-state index is 14.2. The standard InChI is InChI=1S/C10F20/c11-1(5(17,18)9(25,26)27)2(12,6(19,20)10(28,29)30)4(15,16)8(23,24)7(21,22)3(1,13)14/t1-,2+. The van der Waals surface area contributed by atoms with Gasteiger partial charge in [0.15, 0.2) is 0 Å². The zero-order valence-electron chi connectivity index (χ0n) is 12.6. The second kappa shape index (κ2) is 5.69. The molecule has 30 heavy (non-hydrogen) atoms. The molecule has 0 saturated heterocycles. The minimum atomic E-state index is -9.33. The lowest BCUT2D eigenvalue weighted by Crippen LogP contribution is -2.93. The molecule has 20 heteroatoms. The van der Waals surface area contributed by atoms with Crippen molar-refractivity contribution in [3.63, 3.8) is 0 Å². The Bertz CT molecular complexity index is 633. The minimum Gasteiger partial charge on any atom is -0.226 e. The van der Waals surface area contributed by atoms with Crippen LogP contribution in [0, 0.1) is 0 Å². The Morgan fingerprint density at radius 1 is 0.300 bits per heavy atom. The lowest BCUT2D eigenvalue weighted by atomic mass is 9.60. The number of alkyl halides is 20. The van der Waals surface area contributed by atoms with E-state index in [2.05, 4.69) is 0 Å². The van der Waals surface area contributed by atoms with Gasteiger partial charge in [-0.05, 0) is 0 Å². The summed E-state index contributed by atoms with van der Waals surface area (Å²) in [5.41, 5.74) is -18.7. The molecule has 0 aliphatic heterocycles. The summed E-state index contributed by atoms with van der Waals surface area (Å²) >= 11 is 0. The summed E-state index contributed by atoms with van der Waals surface area (Å²) in [5.74, 6) is -52.9. The predicted molar refractivity (Wildman–Crippen MR) is 49.5 cm³/mol. The molecule has 1 saturated carbocycles. The minimum absolute atomic E-state index is 8.36. The van der Waals surface area contributed by atoms with Crippen LogP contribution >= 0.6 is 0 Å². The molecule has 180 valence electrons. The summed E-state index contributed by atoms with van der Waals surface area (Å²) < 4.78 is 261. The van der Waals surface area contributed by atoms with Crippen LogP contribution < -0.4 is 0 Å². The van der Waals surface area contributed by atoms with E-state index in [9.17, 15) is 87.8 Å². The molecule has 0 heterocycles. The number of hydrogen-bond acceptors (Lipinski definition) is 0. The molecule has 0 radical (unpaired) electrons. The first-order chi connectivity index (χ1) is 12.5. The van der Waals surface area contributed by atoms with Gasteiger partial charge in [0.05, 0.1) is 0 Å². The highest BCUT2D eigenvalue weighted by atomic mass is 19.4.